The van der Waals surface area contributed by atoms with Crippen molar-refractivity contribution in [3.05, 3.63) is 29.8 Å². The number of nitrogens with one attached hydrogen (secondary N) is 2. The first-order valence-corrected chi connectivity index (χ1v) is 10.9. The van der Waals surface area contributed by atoms with Crippen LogP contribution in [-0.2, 0) is 14.3 Å². The molecule has 0 aliphatic heterocycles. The molecule has 0 aromatic heterocycles. The van der Waals surface area contributed by atoms with Gasteiger partial charge in [0.25, 0.3) is 11.8 Å². The highest BCUT2D eigenvalue weighted by molar-refractivity contribution is 5.96. The lowest BCUT2D eigenvalue weighted by Gasteiger charge is -2.56. The van der Waals surface area contributed by atoms with Crippen LogP contribution in [0.5, 0.6) is 5.75 Å². The molecule has 7 heteroatoms. The molecule has 4 saturated carbocycles. The Kier molecular flexibility index (Phi) is 5.97. The lowest BCUT2D eigenvalue weighted by Crippen LogP contribution is -2.60. The average Bonchev–Trinajstić information content (AvgIpc) is 2.70. The molecule has 2 amide bonds. The summed E-state index contributed by atoms with van der Waals surface area (Å²) in [7, 11) is 0. The largest absolute Gasteiger partial charge is 0.494 e. The molecule has 0 heterocycles. The van der Waals surface area contributed by atoms with E-state index in [2.05, 4.69) is 10.6 Å². The van der Waals surface area contributed by atoms with E-state index in [0.29, 0.717) is 17.9 Å². The molecule has 1 aromatic rings. The number of ether oxygens (including phenoxy) is 2. The van der Waals surface area contributed by atoms with Crippen LogP contribution in [0.25, 0.3) is 0 Å². The second-order valence-corrected chi connectivity index (χ2v) is 9.05. The van der Waals surface area contributed by atoms with Gasteiger partial charge in [0.05, 0.1) is 6.61 Å². The Balaban J connectivity index is 1.18. The van der Waals surface area contributed by atoms with Crippen molar-refractivity contribution in [2.24, 2.45) is 17.8 Å². The second-order valence-electron chi connectivity index (χ2n) is 9.05. The minimum absolute atomic E-state index is 0.0971. The fourth-order valence-corrected chi connectivity index (χ4v) is 5.92. The molecule has 4 aliphatic carbocycles. The minimum atomic E-state index is -0.630. The summed E-state index contributed by atoms with van der Waals surface area (Å²) >= 11 is 0. The van der Waals surface area contributed by atoms with Crippen LogP contribution in [0, 0.1) is 17.8 Å². The van der Waals surface area contributed by atoms with Crippen LogP contribution in [0.1, 0.15) is 55.8 Å². The van der Waals surface area contributed by atoms with Crippen molar-refractivity contribution in [2.45, 2.75) is 51.0 Å². The summed E-state index contributed by atoms with van der Waals surface area (Å²) in [5.74, 6) is 1.62. The van der Waals surface area contributed by atoms with Crippen LogP contribution in [0.2, 0.25) is 0 Å². The molecule has 0 radical (unpaired) electrons. The van der Waals surface area contributed by atoms with Gasteiger partial charge in [-0.1, -0.05) is 0 Å². The second kappa shape index (κ2) is 8.66. The fourth-order valence-electron chi connectivity index (χ4n) is 5.92. The maximum absolute atomic E-state index is 12.4. The summed E-state index contributed by atoms with van der Waals surface area (Å²) in [6, 6.07) is 6.66. The van der Waals surface area contributed by atoms with Gasteiger partial charge in [0.15, 0.2) is 6.61 Å². The Bertz CT molecular complexity index is 769. The topological polar surface area (TPSA) is 93.7 Å². The van der Waals surface area contributed by atoms with Gasteiger partial charge >= 0.3 is 5.97 Å². The molecule has 5 rings (SSSR count). The van der Waals surface area contributed by atoms with Crippen molar-refractivity contribution < 1.29 is 23.9 Å². The first-order valence-electron chi connectivity index (χ1n) is 10.9. The predicted octanol–water partition coefficient (Wildman–Crippen LogP) is 2.44. The molecule has 1 aromatic carbocycles. The minimum Gasteiger partial charge on any atom is -0.494 e. The van der Waals surface area contributed by atoms with Crippen molar-refractivity contribution in [2.75, 3.05) is 19.8 Å². The van der Waals surface area contributed by atoms with E-state index in [1.165, 1.54) is 19.3 Å². The molecule has 0 atom stereocenters. The highest BCUT2D eigenvalue weighted by Crippen LogP contribution is 2.55. The Morgan fingerprint density at radius 3 is 2.17 bits per heavy atom. The van der Waals surface area contributed by atoms with E-state index in [1.807, 2.05) is 6.92 Å². The van der Waals surface area contributed by atoms with Gasteiger partial charge in [-0.3, -0.25) is 14.4 Å². The number of carbonyl (C=O) groups is 3. The zero-order valence-corrected chi connectivity index (χ0v) is 17.4. The molecular weight excluding hydrogens is 384 g/mol. The van der Waals surface area contributed by atoms with Crippen LogP contribution >= 0.6 is 0 Å². The third kappa shape index (κ3) is 4.77. The zero-order valence-electron chi connectivity index (χ0n) is 17.4. The number of benzene rings is 1. The molecule has 162 valence electrons. The molecule has 30 heavy (non-hydrogen) atoms. The molecule has 7 nitrogen and oxygen atoms in total. The highest BCUT2D eigenvalue weighted by atomic mass is 16.5. The fraction of sp³-hybridized carbons (Fsp3) is 0.609. The SMILES string of the molecule is CCOc1ccc(C(=O)NCC(=O)OCC(=O)NC23CC4CC(CC(C4)C2)C3)cc1. The van der Waals surface area contributed by atoms with Gasteiger partial charge in [0.1, 0.15) is 12.3 Å². The monoisotopic (exact) mass is 414 g/mol. The lowest BCUT2D eigenvalue weighted by molar-refractivity contribution is -0.149. The highest BCUT2D eigenvalue weighted by Gasteiger charge is 2.51. The van der Waals surface area contributed by atoms with Crippen LogP contribution in [0.15, 0.2) is 24.3 Å². The van der Waals surface area contributed by atoms with Crippen molar-refractivity contribution >= 4 is 17.8 Å². The van der Waals surface area contributed by atoms with Crippen molar-refractivity contribution in [3.63, 3.8) is 0 Å². The summed E-state index contributed by atoms with van der Waals surface area (Å²) in [6.07, 6.45) is 7.07. The maximum Gasteiger partial charge on any atom is 0.325 e. The first-order chi connectivity index (χ1) is 14.4. The summed E-state index contributed by atoms with van der Waals surface area (Å²) in [4.78, 5) is 36.5. The van der Waals surface area contributed by atoms with Crippen molar-refractivity contribution in [1.29, 1.82) is 0 Å². The van der Waals surface area contributed by atoms with E-state index < -0.39 is 5.97 Å². The predicted molar refractivity (Wildman–Crippen MR) is 110 cm³/mol. The van der Waals surface area contributed by atoms with E-state index in [9.17, 15) is 14.4 Å². The Morgan fingerprint density at radius 1 is 1.00 bits per heavy atom. The van der Waals surface area contributed by atoms with E-state index in [1.54, 1.807) is 24.3 Å². The first kappa shape index (κ1) is 20.7. The molecule has 4 aliphatic rings. The van der Waals surface area contributed by atoms with E-state index in [-0.39, 0.29) is 30.5 Å². The summed E-state index contributed by atoms with van der Waals surface area (Å²) in [5, 5.41) is 5.69. The smallest absolute Gasteiger partial charge is 0.325 e. The third-order valence-electron chi connectivity index (χ3n) is 6.63. The number of amides is 2. The van der Waals surface area contributed by atoms with Crippen LogP contribution in [-0.4, -0.2) is 43.1 Å². The van der Waals surface area contributed by atoms with Crippen molar-refractivity contribution in [1.82, 2.24) is 10.6 Å². The zero-order chi connectivity index (χ0) is 21.1. The van der Waals surface area contributed by atoms with Crippen LogP contribution in [0.4, 0.5) is 0 Å². The molecule has 2 N–H and O–H groups in total. The molecular formula is C23H30N2O5. The number of esters is 1. The number of hydrogen-bond donors (Lipinski definition) is 2. The molecule has 4 fully saturated rings. The van der Waals surface area contributed by atoms with Gasteiger partial charge in [-0.15, -0.1) is 0 Å². The normalized spacial score (nSPS) is 28.6. The summed E-state index contributed by atoms with van der Waals surface area (Å²) < 4.78 is 10.4. The van der Waals surface area contributed by atoms with E-state index in [4.69, 9.17) is 9.47 Å². The Hall–Kier alpha value is -2.57. The van der Waals surface area contributed by atoms with E-state index >= 15 is 0 Å². The van der Waals surface area contributed by atoms with Gasteiger partial charge in [-0.25, -0.2) is 0 Å². The van der Waals surface area contributed by atoms with Gasteiger partial charge in [-0.05, 0) is 87.5 Å². The number of carbonyl (C=O) groups excluding carboxylic acids is 3. The third-order valence-corrected chi connectivity index (χ3v) is 6.63. The Morgan fingerprint density at radius 2 is 1.60 bits per heavy atom. The van der Waals surface area contributed by atoms with Gasteiger partial charge in [-0.2, -0.15) is 0 Å². The van der Waals surface area contributed by atoms with Gasteiger partial charge in [0.2, 0.25) is 0 Å². The standard InChI is InChI=1S/C23H30N2O5/c1-2-29-19-5-3-18(4-6-19)22(28)24-13-21(27)30-14-20(26)25-23-10-15-7-16(11-23)9-17(8-15)12-23/h3-6,15-17H,2,7-14H2,1H3,(H,24,28)(H,25,26). The molecule has 0 saturated heterocycles. The van der Waals surface area contributed by atoms with Crippen LogP contribution < -0.4 is 15.4 Å². The van der Waals surface area contributed by atoms with Gasteiger partial charge < -0.3 is 20.1 Å². The maximum atomic E-state index is 12.4. The number of hydrogen-bond acceptors (Lipinski definition) is 5. The molecule has 0 unspecified atom stereocenters. The quantitative estimate of drug-likeness (QED) is 0.638. The average molecular weight is 415 g/mol. The summed E-state index contributed by atoms with van der Waals surface area (Å²) in [5.41, 5.74) is 0.325. The van der Waals surface area contributed by atoms with Gasteiger partial charge in [0, 0.05) is 11.1 Å². The van der Waals surface area contributed by atoms with Crippen LogP contribution in [0.3, 0.4) is 0 Å². The van der Waals surface area contributed by atoms with E-state index in [0.717, 1.165) is 37.0 Å². The summed E-state index contributed by atoms with van der Waals surface area (Å²) in [6.45, 7) is 1.85. The lowest BCUT2D eigenvalue weighted by atomic mass is 9.53. The molecule has 0 spiro atoms. The Labute approximate surface area is 176 Å². The molecule has 4 bridgehead atoms. The number of rotatable bonds is 8. The van der Waals surface area contributed by atoms with Crippen molar-refractivity contribution in [3.8, 4) is 5.75 Å².